The Morgan fingerprint density at radius 3 is 2.74 bits per heavy atom. The van der Waals surface area contributed by atoms with Crippen LogP contribution in [-0.4, -0.2) is 57.4 Å². The van der Waals surface area contributed by atoms with Crippen LogP contribution in [0.4, 0.5) is 0 Å². The number of benzene rings is 1. The smallest absolute Gasteiger partial charge is 0.243 e. The lowest BCUT2D eigenvalue weighted by molar-refractivity contribution is -0.138. The zero-order valence-electron chi connectivity index (χ0n) is 15.0. The van der Waals surface area contributed by atoms with Crippen LogP contribution < -0.4 is 11.1 Å². The predicted molar refractivity (Wildman–Crippen MR) is 98.4 cm³/mol. The quantitative estimate of drug-likeness (QED) is 0.668. The third-order valence-electron chi connectivity index (χ3n) is 4.72. The summed E-state index contributed by atoms with van der Waals surface area (Å²) >= 11 is 0. The van der Waals surface area contributed by atoms with Gasteiger partial charge in [-0.15, -0.1) is 0 Å². The molecule has 4 N–H and O–H groups in total. The molecule has 1 aliphatic heterocycles. The van der Waals surface area contributed by atoms with Crippen molar-refractivity contribution in [1.29, 1.82) is 0 Å². The molecule has 3 atom stereocenters. The molecule has 1 saturated heterocycles. The molecule has 1 aromatic carbocycles. The first kappa shape index (κ1) is 18.8. The number of aromatic nitrogens is 1. The van der Waals surface area contributed by atoms with E-state index in [0.29, 0.717) is 5.69 Å². The van der Waals surface area contributed by atoms with E-state index in [1.54, 1.807) is 6.07 Å². The number of amides is 3. The molecule has 8 heteroatoms. The highest BCUT2D eigenvalue weighted by molar-refractivity contribution is 5.92. The summed E-state index contributed by atoms with van der Waals surface area (Å²) in [6, 6.07) is 9.47. The zero-order chi connectivity index (χ0) is 19.6. The van der Waals surface area contributed by atoms with Gasteiger partial charge >= 0.3 is 0 Å². The molecule has 0 spiro atoms. The first-order chi connectivity index (χ1) is 12.8. The van der Waals surface area contributed by atoms with E-state index in [1.165, 1.54) is 11.8 Å². The van der Waals surface area contributed by atoms with Crippen molar-refractivity contribution in [2.45, 2.75) is 38.0 Å². The number of carbonyl (C=O) groups is 3. The predicted octanol–water partition coefficient (Wildman–Crippen LogP) is -0.271. The number of aliphatic hydroxyl groups excluding tert-OH is 1. The number of primary amides is 1. The summed E-state index contributed by atoms with van der Waals surface area (Å²) in [6.07, 6.45) is -0.495. The highest BCUT2D eigenvalue weighted by atomic mass is 16.3. The number of hydrogen-bond acceptors (Lipinski definition) is 5. The maximum Gasteiger partial charge on any atom is 0.243 e. The van der Waals surface area contributed by atoms with Gasteiger partial charge in [0.05, 0.1) is 11.6 Å². The molecular weight excluding hydrogens is 348 g/mol. The van der Waals surface area contributed by atoms with E-state index in [9.17, 15) is 19.5 Å². The van der Waals surface area contributed by atoms with Crippen molar-refractivity contribution in [1.82, 2.24) is 15.2 Å². The largest absolute Gasteiger partial charge is 0.391 e. The Kier molecular flexibility index (Phi) is 5.36. The Labute approximate surface area is 156 Å². The van der Waals surface area contributed by atoms with Gasteiger partial charge in [-0.2, -0.15) is 0 Å². The standard InChI is InChI=1S/C19H22N4O4/c1-11(24)23-10-14(25)9-17(23)19(27)22-16(18(20)26)8-13-7-6-12-4-2-3-5-15(12)21-13/h2-7,14,16-17,25H,8-10H2,1H3,(H2,20,26)(H,22,27)/t14-,16-,17+/m1/s1. The number of para-hydroxylation sites is 1. The van der Waals surface area contributed by atoms with Crippen molar-refractivity contribution in [2.24, 2.45) is 5.73 Å². The SMILES string of the molecule is CC(=O)N1C[C@H](O)C[C@H]1C(=O)N[C@H](Cc1ccc2ccccc2n1)C(N)=O. The first-order valence-corrected chi connectivity index (χ1v) is 8.75. The van der Waals surface area contributed by atoms with Crippen molar-refractivity contribution in [3.8, 4) is 0 Å². The normalized spacial score (nSPS) is 20.4. The van der Waals surface area contributed by atoms with E-state index in [4.69, 9.17) is 5.73 Å². The lowest BCUT2D eigenvalue weighted by Crippen LogP contribution is -2.52. The van der Waals surface area contributed by atoms with Crippen LogP contribution in [0.15, 0.2) is 36.4 Å². The van der Waals surface area contributed by atoms with Crippen LogP contribution in [0.2, 0.25) is 0 Å². The number of likely N-dealkylation sites (tertiary alicyclic amines) is 1. The number of rotatable bonds is 5. The van der Waals surface area contributed by atoms with Crippen LogP contribution in [0.1, 0.15) is 19.0 Å². The van der Waals surface area contributed by atoms with Gasteiger partial charge in [0.1, 0.15) is 12.1 Å². The third kappa shape index (κ3) is 4.22. The molecule has 0 aliphatic carbocycles. The maximum atomic E-state index is 12.6. The second-order valence-corrected chi connectivity index (χ2v) is 6.74. The molecule has 1 aliphatic rings. The van der Waals surface area contributed by atoms with E-state index in [2.05, 4.69) is 10.3 Å². The van der Waals surface area contributed by atoms with Crippen LogP contribution >= 0.6 is 0 Å². The van der Waals surface area contributed by atoms with Gasteiger partial charge in [0.15, 0.2) is 0 Å². The molecule has 27 heavy (non-hydrogen) atoms. The topological polar surface area (TPSA) is 126 Å². The Morgan fingerprint density at radius 1 is 1.30 bits per heavy atom. The van der Waals surface area contributed by atoms with Crippen molar-refractivity contribution >= 4 is 28.6 Å². The monoisotopic (exact) mass is 370 g/mol. The van der Waals surface area contributed by atoms with E-state index < -0.39 is 30.0 Å². The Hall–Kier alpha value is -3.00. The van der Waals surface area contributed by atoms with Gasteiger partial charge in [-0.1, -0.05) is 24.3 Å². The number of fused-ring (bicyclic) bond motifs is 1. The number of nitrogens with two attached hydrogens (primary N) is 1. The van der Waals surface area contributed by atoms with Gasteiger partial charge in [-0.3, -0.25) is 19.4 Å². The Bertz CT molecular complexity index is 885. The molecule has 1 aromatic heterocycles. The van der Waals surface area contributed by atoms with E-state index in [-0.39, 0.29) is 25.3 Å². The van der Waals surface area contributed by atoms with Crippen LogP contribution in [0.25, 0.3) is 10.9 Å². The molecule has 8 nitrogen and oxygen atoms in total. The maximum absolute atomic E-state index is 12.6. The number of aliphatic hydroxyl groups is 1. The minimum Gasteiger partial charge on any atom is -0.391 e. The summed E-state index contributed by atoms with van der Waals surface area (Å²) < 4.78 is 0. The zero-order valence-corrected chi connectivity index (χ0v) is 15.0. The van der Waals surface area contributed by atoms with E-state index >= 15 is 0 Å². The number of β-amino-alcohol motifs (C(OH)–C–C–N with tert-alkyl or cyclic N) is 1. The summed E-state index contributed by atoms with van der Waals surface area (Å²) in [4.78, 5) is 41.9. The molecular formula is C19H22N4O4. The molecule has 0 saturated carbocycles. The summed E-state index contributed by atoms with van der Waals surface area (Å²) in [5.74, 6) is -1.50. The number of hydrogen-bond donors (Lipinski definition) is 3. The second kappa shape index (κ2) is 7.71. The minimum atomic E-state index is -0.960. The molecule has 142 valence electrons. The molecule has 2 aromatic rings. The molecule has 0 bridgehead atoms. The van der Waals surface area contributed by atoms with Gasteiger partial charge < -0.3 is 21.1 Å². The van der Waals surface area contributed by atoms with Gasteiger partial charge in [-0.25, -0.2) is 0 Å². The second-order valence-electron chi connectivity index (χ2n) is 6.74. The van der Waals surface area contributed by atoms with Crippen molar-refractivity contribution in [3.05, 3.63) is 42.1 Å². The molecule has 3 rings (SSSR count). The van der Waals surface area contributed by atoms with Crippen LogP contribution in [0, 0.1) is 0 Å². The molecule has 1 fully saturated rings. The van der Waals surface area contributed by atoms with Crippen molar-refractivity contribution in [2.75, 3.05) is 6.54 Å². The van der Waals surface area contributed by atoms with Crippen LogP contribution in [-0.2, 0) is 20.8 Å². The summed E-state index contributed by atoms with van der Waals surface area (Å²) in [7, 11) is 0. The van der Waals surface area contributed by atoms with Crippen molar-refractivity contribution in [3.63, 3.8) is 0 Å². The number of pyridine rings is 1. The van der Waals surface area contributed by atoms with Gasteiger partial charge in [-0.05, 0) is 12.1 Å². The molecule has 2 heterocycles. The Morgan fingerprint density at radius 2 is 2.04 bits per heavy atom. The van der Waals surface area contributed by atoms with Gasteiger partial charge in [0.2, 0.25) is 17.7 Å². The molecule has 3 amide bonds. The highest BCUT2D eigenvalue weighted by Gasteiger charge is 2.38. The lowest BCUT2D eigenvalue weighted by atomic mass is 10.1. The fourth-order valence-corrected chi connectivity index (χ4v) is 3.33. The third-order valence-corrected chi connectivity index (χ3v) is 4.72. The van der Waals surface area contributed by atoms with E-state index in [1.807, 2.05) is 30.3 Å². The Balaban J connectivity index is 1.74. The first-order valence-electron chi connectivity index (χ1n) is 8.75. The summed E-state index contributed by atoms with van der Waals surface area (Å²) in [5.41, 5.74) is 6.86. The van der Waals surface area contributed by atoms with Crippen LogP contribution in [0.3, 0.4) is 0 Å². The average Bonchev–Trinajstić information content (AvgIpc) is 3.03. The fraction of sp³-hybridized carbons (Fsp3) is 0.368. The average molecular weight is 370 g/mol. The molecule has 0 unspecified atom stereocenters. The minimum absolute atomic E-state index is 0.0981. The van der Waals surface area contributed by atoms with Gasteiger partial charge in [0.25, 0.3) is 0 Å². The summed E-state index contributed by atoms with van der Waals surface area (Å²) in [5, 5.41) is 13.3. The number of nitrogens with one attached hydrogen (secondary N) is 1. The molecule has 0 radical (unpaired) electrons. The van der Waals surface area contributed by atoms with E-state index in [0.717, 1.165) is 10.9 Å². The van der Waals surface area contributed by atoms with Gasteiger partial charge in [0, 0.05) is 37.4 Å². The van der Waals surface area contributed by atoms with Crippen LogP contribution in [0.5, 0.6) is 0 Å². The van der Waals surface area contributed by atoms with Crippen molar-refractivity contribution < 1.29 is 19.5 Å². The summed E-state index contributed by atoms with van der Waals surface area (Å²) in [6.45, 7) is 1.43. The number of nitrogens with zero attached hydrogens (tertiary/aromatic N) is 2. The lowest BCUT2D eigenvalue weighted by Gasteiger charge is -2.24. The number of carbonyl (C=O) groups excluding carboxylic acids is 3. The highest BCUT2D eigenvalue weighted by Crippen LogP contribution is 2.19. The fourth-order valence-electron chi connectivity index (χ4n) is 3.33.